The number of nitrogens with one attached hydrogen (secondary N) is 1. The summed E-state index contributed by atoms with van der Waals surface area (Å²) in [5.74, 6) is -1.31. The number of benzene rings is 1. The zero-order chi connectivity index (χ0) is 12.9. The lowest BCUT2D eigenvalue weighted by Gasteiger charge is -2.06. The summed E-state index contributed by atoms with van der Waals surface area (Å²) in [5, 5.41) is 18.2. The number of aliphatic hydroxyl groups is 1. The Morgan fingerprint density at radius 3 is 2.78 bits per heavy atom. The standard InChI is InChI=1S/C12H12N2O4/c15-10(11(16)17)6-1-4-9-8(5-6)13-12(18)14(9)7-2-3-7/h1,4-5,7,10,15H,2-3H2,(H,13,18)(H,16,17). The molecule has 18 heavy (non-hydrogen) atoms. The van der Waals surface area contributed by atoms with Crippen LogP contribution in [0.4, 0.5) is 0 Å². The molecule has 0 radical (unpaired) electrons. The number of aromatic amines is 1. The number of carbonyl (C=O) groups is 1. The van der Waals surface area contributed by atoms with Crippen LogP contribution in [0, 0.1) is 0 Å². The van der Waals surface area contributed by atoms with Crippen LogP contribution in [0.25, 0.3) is 11.0 Å². The van der Waals surface area contributed by atoms with Crippen molar-refractivity contribution in [2.24, 2.45) is 0 Å². The van der Waals surface area contributed by atoms with Gasteiger partial charge in [-0.15, -0.1) is 0 Å². The summed E-state index contributed by atoms with van der Waals surface area (Å²) >= 11 is 0. The minimum absolute atomic E-state index is 0.186. The Kier molecular flexibility index (Phi) is 2.27. The van der Waals surface area contributed by atoms with Crippen molar-refractivity contribution in [2.45, 2.75) is 25.0 Å². The van der Waals surface area contributed by atoms with Gasteiger partial charge in [-0.3, -0.25) is 4.57 Å². The Hall–Kier alpha value is -2.08. The number of nitrogens with zero attached hydrogens (tertiary/aromatic N) is 1. The van der Waals surface area contributed by atoms with Crippen LogP contribution < -0.4 is 5.69 Å². The molecule has 94 valence electrons. The molecule has 0 spiro atoms. The first-order chi connectivity index (χ1) is 8.58. The van der Waals surface area contributed by atoms with Gasteiger partial charge in [0.05, 0.1) is 11.0 Å². The highest BCUT2D eigenvalue weighted by Gasteiger charge is 2.27. The normalized spacial score (nSPS) is 16.9. The molecule has 0 saturated heterocycles. The molecule has 0 aliphatic heterocycles. The van der Waals surface area contributed by atoms with Gasteiger partial charge in [0.25, 0.3) is 0 Å². The van der Waals surface area contributed by atoms with Crippen LogP contribution in [0.3, 0.4) is 0 Å². The molecule has 2 aromatic rings. The van der Waals surface area contributed by atoms with Gasteiger partial charge in [0, 0.05) is 6.04 Å². The maximum absolute atomic E-state index is 11.8. The molecule has 1 aliphatic carbocycles. The Bertz CT molecular complexity index is 681. The Morgan fingerprint density at radius 1 is 1.44 bits per heavy atom. The van der Waals surface area contributed by atoms with Gasteiger partial charge in [0.15, 0.2) is 6.10 Å². The van der Waals surface area contributed by atoms with Gasteiger partial charge in [-0.2, -0.15) is 0 Å². The second kappa shape index (κ2) is 3.71. The molecular formula is C12H12N2O4. The van der Waals surface area contributed by atoms with Crippen molar-refractivity contribution in [1.82, 2.24) is 9.55 Å². The maximum atomic E-state index is 11.8. The molecule has 6 heteroatoms. The summed E-state index contributed by atoms with van der Waals surface area (Å²) in [4.78, 5) is 25.1. The van der Waals surface area contributed by atoms with Crippen molar-refractivity contribution < 1.29 is 15.0 Å². The van der Waals surface area contributed by atoms with E-state index >= 15 is 0 Å². The number of H-pyrrole nitrogens is 1. The van der Waals surface area contributed by atoms with Gasteiger partial charge < -0.3 is 15.2 Å². The predicted molar refractivity (Wildman–Crippen MR) is 63.4 cm³/mol. The molecular weight excluding hydrogens is 236 g/mol. The fourth-order valence-corrected chi connectivity index (χ4v) is 2.16. The highest BCUT2D eigenvalue weighted by molar-refractivity contribution is 5.80. The van der Waals surface area contributed by atoms with Crippen LogP contribution in [0.1, 0.15) is 30.6 Å². The van der Waals surface area contributed by atoms with Crippen molar-refractivity contribution in [3.8, 4) is 0 Å². The molecule has 1 heterocycles. The number of aliphatic hydroxyl groups excluding tert-OH is 1. The first-order valence-electron chi connectivity index (χ1n) is 5.73. The maximum Gasteiger partial charge on any atom is 0.337 e. The van der Waals surface area contributed by atoms with Crippen LogP contribution in [0.5, 0.6) is 0 Å². The molecule has 6 nitrogen and oxygen atoms in total. The van der Waals surface area contributed by atoms with Gasteiger partial charge in [0.1, 0.15) is 0 Å². The van der Waals surface area contributed by atoms with Crippen molar-refractivity contribution in [2.75, 3.05) is 0 Å². The third-order valence-corrected chi connectivity index (χ3v) is 3.20. The van der Waals surface area contributed by atoms with E-state index in [0.29, 0.717) is 5.52 Å². The minimum Gasteiger partial charge on any atom is -0.479 e. The third kappa shape index (κ3) is 1.62. The van der Waals surface area contributed by atoms with E-state index < -0.39 is 12.1 Å². The highest BCUT2D eigenvalue weighted by atomic mass is 16.4. The number of aromatic nitrogens is 2. The average Bonchev–Trinajstić information content (AvgIpc) is 3.10. The van der Waals surface area contributed by atoms with E-state index in [0.717, 1.165) is 18.4 Å². The first kappa shape index (κ1) is 11.0. The zero-order valence-corrected chi connectivity index (χ0v) is 9.46. The predicted octanol–water partition coefficient (Wildman–Crippen LogP) is 0.782. The summed E-state index contributed by atoms with van der Waals surface area (Å²) in [7, 11) is 0. The molecule has 1 aromatic heterocycles. The van der Waals surface area contributed by atoms with Gasteiger partial charge in [-0.25, -0.2) is 9.59 Å². The number of hydrogen-bond acceptors (Lipinski definition) is 3. The highest BCUT2D eigenvalue weighted by Crippen LogP contribution is 2.35. The van der Waals surface area contributed by atoms with Crippen molar-refractivity contribution >= 4 is 17.0 Å². The van der Waals surface area contributed by atoms with Crippen molar-refractivity contribution in [3.63, 3.8) is 0 Å². The second-order valence-electron chi connectivity index (χ2n) is 4.55. The lowest BCUT2D eigenvalue weighted by Crippen LogP contribution is -2.14. The number of aliphatic carboxylic acids is 1. The van der Waals surface area contributed by atoms with Gasteiger partial charge >= 0.3 is 11.7 Å². The van der Waals surface area contributed by atoms with Crippen LogP contribution in [0.15, 0.2) is 23.0 Å². The van der Waals surface area contributed by atoms with Crippen LogP contribution >= 0.6 is 0 Å². The van der Waals surface area contributed by atoms with Gasteiger partial charge in [-0.1, -0.05) is 6.07 Å². The van der Waals surface area contributed by atoms with E-state index in [1.54, 1.807) is 10.6 Å². The number of fused-ring (bicyclic) bond motifs is 1. The molecule has 1 atom stereocenters. The third-order valence-electron chi connectivity index (χ3n) is 3.20. The number of hydrogen-bond donors (Lipinski definition) is 3. The molecule has 0 amide bonds. The Labute approximate surface area is 101 Å². The molecule has 1 fully saturated rings. The van der Waals surface area contributed by atoms with E-state index in [2.05, 4.69) is 4.98 Å². The van der Waals surface area contributed by atoms with Crippen LogP contribution in [-0.2, 0) is 4.79 Å². The molecule has 0 bridgehead atoms. The molecule has 1 aromatic carbocycles. The largest absolute Gasteiger partial charge is 0.479 e. The molecule has 1 saturated carbocycles. The fraction of sp³-hybridized carbons (Fsp3) is 0.333. The average molecular weight is 248 g/mol. The molecule has 3 N–H and O–H groups in total. The smallest absolute Gasteiger partial charge is 0.337 e. The zero-order valence-electron chi connectivity index (χ0n) is 9.46. The van der Waals surface area contributed by atoms with Crippen molar-refractivity contribution in [3.05, 3.63) is 34.2 Å². The summed E-state index contributed by atoms with van der Waals surface area (Å²) < 4.78 is 1.69. The first-order valence-corrected chi connectivity index (χ1v) is 5.73. The molecule has 1 unspecified atom stereocenters. The molecule has 1 aliphatic rings. The summed E-state index contributed by atoms with van der Waals surface area (Å²) in [6, 6.07) is 4.97. The number of imidazole rings is 1. The van der Waals surface area contributed by atoms with Crippen molar-refractivity contribution in [1.29, 1.82) is 0 Å². The minimum atomic E-state index is -1.57. The summed E-state index contributed by atoms with van der Waals surface area (Å²) in [6.45, 7) is 0. The van der Waals surface area contributed by atoms with E-state index in [9.17, 15) is 14.7 Å². The summed E-state index contributed by atoms with van der Waals surface area (Å²) in [6.07, 6.45) is 0.417. The number of carboxylic acid groups (broad SMARTS) is 1. The molecule has 3 rings (SSSR count). The fourth-order valence-electron chi connectivity index (χ4n) is 2.16. The van der Waals surface area contributed by atoms with E-state index in [1.165, 1.54) is 12.1 Å². The quantitative estimate of drug-likeness (QED) is 0.748. The number of carboxylic acids is 1. The summed E-state index contributed by atoms with van der Waals surface area (Å²) in [5.41, 5.74) is 1.39. The van der Waals surface area contributed by atoms with Crippen LogP contribution in [0.2, 0.25) is 0 Å². The SMILES string of the molecule is O=C(O)C(O)c1ccc2c(c1)[nH]c(=O)n2C1CC1. The second-order valence-corrected chi connectivity index (χ2v) is 4.55. The lowest BCUT2D eigenvalue weighted by atomic mass is 10.1. The van der Waals surface area contributed by atoms with E-state index in [1.807, 2.05) is 0 Å². The van der Waals surface area contributed by atoms with Gasteiger partial charge in [-0.05, 0) is 30.5 Å². The lowest BCUT2D eigenvalue weighted by molar-refractivity contribution is -0.146. The topological polar surface area (TPSA) is 95.3 Å². The number of rotatable bonds is 3. The Morgan fingerprint density at radius 2 is 2.17 bits per heavy atom. The van der Waals surface area contributed by atoms with Gasteiger partial charge in [0.2, 0.25) is 0 Å². The van der Waals surface area contributed by atoms with E-state index in [4.69, 9.17) is 5.11 Å². The monoisotopic (exact) mass is 248 g/mol. The van der Waals surface area contributed by atoms with Crippen LogP contribution in [-0.4, -0.2) is 25.7 Å². The van der Waals surface area contributed by atoms with E-state index in [-0.39, 0.29) is 17.3 Å². The Balaban J connectivity index is 2.14.